The van der Waals surface area contributed by atoms with Gasteiger partial charge in [-0.3, -0.25) is 0 Å². The van der Waals surface area contributed by atoms with Crippen LogP contribution in [0.4, 0.5) is 17.1 Å². The number of benzene rings is 3. The first-order valence-corrected chi connectivity index (χ1v) is 8.44. The summed E-state index contributed by atoms with van der Waals surface area (Å²) in [5, 5.41) is 7.26. The van der Waals surface area contributed by atoms with Crippen LogP contribution in [0.3, 0.4) is 0 Å². The summed E-state index contributed by atoms with van der Waals surface area (Å²) in [6.07, 6.45) is 1.79. The first kappa shape index (κ1) is 17.1. The van der Waals surface area contributed by atoms with Crippen LogP contribution >= 0.6 is 11.6 Å². The molecule has 0 radical (unpaired) electrons. The van der Waals surface area contributed by atoms with E-state index in [9.17, 15) is 0 Å². The first-order valence-electron chi connectivity index (χ1n) is 8.06. The molecule has 0 saturated heterocycles. The predicted octanol–water partition coefficient (Wildman–Crippen LogP) is 5.58. The van der Waals surface area contributed by atoms with E-state index in [4.69, 9.17) is 11.6 Å². The van der Waals surface area contributed by atoms with E-state index in [0.29, 0.717) is 5.02 Å². The molecular weight excluding hydrogens is 330 g/mol. The van der Waals surface area contributed by atoms with E-state index in [-0.39, 0.29) is 0 Å². The molecule has 0 spiro atoms. The van der Waals surface area contributed by atoms with E-state index in [2.05, 4.69) is 5.10 Å². The Bertz CT molecular complexity index is 806. The van der Waals surface area contributed by atoms with Crippen LogP contribution in [0, 0.1) is 0 Å². The number of halogens is 1. The van der Waals surface area contributed by atoms with Crippen LogP contribution in [0.25, 0.3) is 0 Å². The van der Waals surface area contributed by atoms with Gasteiger partial charge in [-0.15, -0.1) is 0 Å². The molecule has 0 bridgehead atoms. The van der Waals surface area contributed by atoms with E-state index in [0.717, 1.165) is 22.6 Å². The zero-order chi connectivity index (χ0) is 17.6. The standard InChI is InChI=1S/C21H20ClN3/c1-24(2)20-14-13-17(21(22)15-20)16-23-25(18-9-5-3-6-10-18)19-11-7-4-8-12-19/h3-16H,1-2H3. The molecule has 3 aromatic carbocycles. The summed E-state index contributed by atoms with van der Waals surface area (Å²) >= 11 is 6.41. The highest BCUT2D eigenvalue weighted by atomic mass is 35.5. The minimum absolute atomic E-state index is 0.677. The van der Waals surface area contributed by atoms with Crippen LogP contribution in [0.2, 0.25) is 5.02 Å². The minimum Gasteiger partial charge on any atom is -0.378 e. The van der Waals surface area contributed by atoms with Crippen molar-refractivity contribution in [1.29, 1.82) is 0 Å². The molecule has 3 nitrogen and oxygen atoms in total. The van der Waals surface area contributed by atoms with Crippen LogP contribution in [-0.2, 0) is 0 Å². The van der Waals surface area contributed by atoms with Gasteiger partial charge in [0.25, 0.3) is 0 Å². The van der Waals surface area contributed by atoms with Crippen LogP contribution in [0.1, 0.15) is 5.56 Å². The number of rotatable bonds is 5. The molecule has 25 heavy (non-hydrogen) atoms. The van der Waals surface area contributed by atoms with Crippen molar-refractivity contribution in [3.63, 3.8) is 0 Å². The molecular formula is C21H20ClN3. The Hall–Kier alpha value is -2.78. The summed E-state index contributed by atoms with van der Waals surface area (Å²) < 4.78 is 0. The fourth-order valence-corrected chi connectivity index (χ4v) is 2.66. The molecule has 3 rings (SSSR count). The van der Waals surface area contributed by atoms with Gasteiger partial charge in [-0.1, -0.05) is 48.0 Å². The zero-order valence-corrected chi connectivity index (χ0v) is 15.1. The Morgan fingerprint density at radius 3 is 1.80 bits per heavy atom. The summed E-state index contributed by atoms with van der Waals surface area (Å²) in [7, 11) is 3.98. The van der Waals surface area contributed by atoms with Gasteiger partial charge in [0.2, 0.25) is 0 Å². The third-order valence-electron chi connectivity index (χ3n) is 3.81. The summed E-state index contributed by atoms with van der Waals surface area (Å²) in [4.78, 5) is 2.02. The quantitative estimate of drug-likeness (QED) is 0.442. The molecule has 0 heterocycles. The maximum atomic E-state index is 6.41. The largest absolute Gasteiger partial charge is 0.378 e. The average Bonchev–Trinajstić information content (AvgIpc) is 2.64. The molecule has 3 aromatic rings. The van der Waals surface area contributed by atoms with E-state index in [1.54, 1.807) is 6.21 Å². The number of para-hydroxylation sites is 2. The smallest absolute Gasteiger partial charge is 0.0652 e. The lowest BCUT2D eigenvalue weighted by atomic mass is 10.2. The monoisotopic (exact) mass is 349 g/mol. The Kier molecular flexibility index (Phi) is 5.36. The van der Waals surface area contributed by atoms with E-state index in [1.165, 1.54) is 0 Å². The molecule has 0 unspecified atom stereocenters. The highest BCUT2D eigenvalue weighted by Crippen LogP contribution is 2.26. The normalized spacial score (nSPS) is 10.8. The molecule has 0 fully saturated rings. The van der Waals surface area contributed by atoms with E-state index < -0.39 is 0 Å². The minimum atomic E-state index is 0.677. The molecule has 0 N–H and O–H groups in total. The first-order chi connectivity index (χ1) is 12.1. The van der Waals surface area contributed by atoms with Crippen LogP contribution in [0.15, 0.2) is 84.0 Å². The Labute approximate surface area is 153 Å². The third kappa shape index (κ3) is 4.20. The molecule has 0 aliphatic heterocycles. The van der Waals surface area contributed by atoms with Crippen molar-refractivity contribution in [2.24, 2.45) is 5.10 Å². The van der Waals surface area contributed by atoms with Gasteiger partial charge in [0, 0.05) is 25.3 Å². The van der Waals surface area contributed by atoms with Gasteiger partial charge in [-0.05, 0) is 42.5 Å². The second kappa shape index (κ2) is 7.86. The van der Waals surface area contributed by atoms with E-state index >= 15 is 0 Å². The van der Waals surface area contributed by atoms with Crippen molar-refractivity contribution in [3.8, 4) is 0 Å². The molecule has 0 atom stereocenters. The van der Waals surface area contributed by atoms with Gasteiger partial charge in [0.05, 0.1) is 22.6 Å². The Morgan fingerprint density at radius 1 is 0.760 bits per heavy atom. The van der Waals surface area contributed by atoms with Gasteiger partial charge in [-0.25, -0.2) is 5.01 Å². The Morgan fingerprint density at radius 2 is 1.32 bits per heavy atom. The van der Waals surface area contributed by atoms with Gasteiger partial charge in [0.15, 0.2) is 0 Å². The van der Waals surface area contributed by atoms with Crippen LogP contribution < -0.4 is 9.91 Å². The molecule has 4 heteroatoms. The fraction of sp³-hybridized carbons (Fsp3) is 0.0952. The van der Waals surface area contributed by atoms with Crippen molar-refractivity contribution in [2.75, 3.05) is 24.0 Å². The number of hydrogen-bond donors (Lipinski definition) is 0. The second-order valence-electron chi connectivity index (χ2n) is 5.83. The number of nitrogens with zero attached hydrogens (tertiary/aromatic N) is 3. The number of anilines is 3. The van der Waals surface area contributed by atoms with Gasteiger partial charge in [-0.2, -0.15) is 5.10 Å². The average molecular weight is 350 g/mol. The summed E-state index contributed by atoms with van der Waals surface area (Å²) in [5.74, 6) is 0. The number of hydrogen-bond acceptors (Lipinski definition) is 3. The van der Waals surface area contributed by atoms with Crippen LogP contribution in [-0.4, -0.2) is 20.3 Å². The second-order valence-corrected chi connectivity index (χ2v) is 6.23. The molecule has 0 aliphatic rings. The molecule has 0 aliphatic carbocycles. The molecule has 0 saturated carbocycles. The van der Waals surface area contributed by atoms with Crippen molar-refractivity contribution in [1.82, 2.24) is 0 Å². The van der Waals surface area contributed by atoms with Crippen molar-refractivity contribution in [2.45, 2.75) is 0 Å². The van der Waals surface area contributed by atoms with Gasteiger partial charge < -0.3 is 4.90 Å². The van der Waals surface area contributed by atoms with Crippen LogP contribution in [0.5, 0.6) is 0 Å². The summed E-state index contributed by atoms with van der Waals surface area (Å²) in [6, 6.07) is 26.1. The maximum Gasteiger partial charge on any atom is 0.0652 e. The maximum absolute atomic E-state index is 6.41. The molecule has 126 valence electrons. The summed E-state index contributed by atoms with van der Waals surface area (Å²) in [5.41, 5.74) is 3.92. The third-order valence-corrected chi connectivity index (χ3v) is 4.14. The predicted molar refractivity (Wildman–Crippen MR) is 108 cm³/mol. The number of hydrazone groups is 1. The van der Waals surface area contributed by atoms with Gasteiger partial charge >= 0.3 is 0 Å². The lowest BCUT2D eigenvalue weighted by Crippen LogP contribution is -2.10. The van der Waals surface area contributed by atoms with Crippen molar-refractivity contribution >= 4 is 34.9 Å². The van der Waals surface area contributed by atoms with Gasteiger partial charge in [0.1, 0.15) is 0 Å². The molecule has 0 amide bonds. The topological polar surface area (TPSA) is 18.8 Å². The van der Waals surface area contributed by atoms with E-state index in [1.807, 2.05) is 103 Å². The summed E-state index contributed by atoms with van der Waals surface area (Å²) in [6.45, 7) is 0. The SMILES string of the molecule is CN(C)c1ccc(C=NN(c2ccccc2)c2ccccc2)c(Cl)c1. The Balaban J connectivity index is 1.94. The zero-order valence-electron chi connectivity index (χ0n) is 14.3. The molecule has 0 aromatic heterocycles. The highest BCUT2D eigenvalue weighted by Gasteiger charge is 2.07. The highest BCUT2D eigenvalue weighted by molar-refractivity contribution is 6.33. The fourth-order valence-electron chi connectivity index (χ4n) is 2.44. The lowest BCUT2D eigenvalue weighted by Gasteiger charge is -2.19. The lowest BCUT2D eigenvalue weighted by molar-refractivity contribution is 1.09. The van der Waals surface area contributed by atoms with Crippen molar-refractivity contribution < 1.29 is 0 Å². The van der Waals surface area contributed by atoms with Crippen molar-refractivity contribution in [3.05, 3.63) is 89.4 Å².